The Hall–Kier alpha value is -1.54. The third-order valence-corrected chi connectivity index (χ3v) is 6.54. The molecule has 3 aromatic carbocycles. The Balaban J connectivity index is 2.24. The molecular formula is C19H16Sn. The van der Waals surface area contributed by atoms with Gasteiger partial charge in [0.15, 0.2) is 0 Å². The maximum absolute atomic E-state index is 2.24. The Labute approximate surface area is 133 Å². The van der Waals surface area contributed by atoms with Crippen LogP contribution in [0.3, 0.4) is 0 Å². The molecule has 0 aromatic heterocycles. The minimum absolute atomic E-state index is 0.00875. The molecule has 20 heavy (non-hydrogen) atoms. The molecule has 0 atom stereocenters. The van der Waals surface area contributed by atoms with Gasteiger partial charge in [0, 0.05) is 0 Å². The van der Waals surface area contributed by atoms with Crippen LogP contribution in [0, 0.1) is 0 Å². The van der Waals surface area contributed by atoms with Gasteiger partial charge in [0.2, 0.25) is 0 Å². The van der Waals surface area contributed by atoms with Gasteiger partial charge in [-0.2, -0.15) is 0 Å². The van der Waals surface area contributed by atoms with Crippen molar-refractivity contribution in [2.24, 2.45) is 0 Å². The maximum atomic E-state index is 2.24. The van der Waals surface area contributed by atoms with Crippen LogP contribution in [0.4, 0.5) is 0 Å². The quantitative estimate of drug-likeness (QED) is 0.490. The van der Waals surface area contributed by atoms with Gasteiger partial charge in [-0.1, -0.05) is 0 Å². The zero-order valence-electron chi connectivity index (χ0n) is 11.2. The third-order valence-electron chi connectivity index (χ3n) is 3.69. The number of benzene rings is 3. The predicted molar refractivity (Wildman–Crippen MR) is 86.4 cm³/mol. The fourth-order valence-corrected chi connectivity index (χ4v) is 4.25. The summed E-state index contributed by atoms with van der Waals surface area (Å²) in [6.45, 7) is 0. The van der Waals surface area contributed by atoms with Crippen molar-refractivity contribution in [3.63, 3.8) is 0 Å². The average molecular weight is 363 g/mol. The molecule has 1 heteroatoms. The summed E-state index contributed by atoms with van der Waals surface area (Å²) >= 11 is 1.11. The first-order chi connectivity index (χ1) is 9.82. The first kappa shape index (κ1) is 13.4. The van der Waals surface area contributed by atoms with E-state index in [-0.39, 0.29) is 3.43 Å². The SMILES string of the molecule is [SnH][C](c1ccccc1)(c1ccccc1)c1ccccc1. The van der Waals surface area contributed by atoms with Crippen molar-refractivity contribution in [3.05, 3.63) is 108 Å². The monoisotopic (exact) mass is 364 g/mol. The van der Waals surface area contributed by atoms with Gasteiger partial charge in [-0.15, -0.1) is 0 Å². The second-order valence-electron chi connectivity index (χ2n) is 4.91. The van der Waals surface area contributed by atoms with Crippen molar-refractivity contribution in [2.45, 2.75) is 3.43 Å². The number of hydrogen-bond donors (Lipinski definition) is 0. The van der Waals surface area contributed by atoms with E-state index < -0.39 is 0 Å². The zero-order valence-corrected chi connectivity index (χ0v) is 14.5. The summed E-state index contributed by atoms with van der Waals surface area (Å²) in [6.07, 6.45) is 0. The number of rotatable bonds is 3. The van der Waals surface area contributed by atoms with Crippen molar-refractivity contribution in [3.8, 4) is 0 Å². The normalized spacial score (nSPS) is 11.2. The minimum atomic E-state index is 0.00875. The fourth-order valence-electron chi connectivity index (χ4n) is 2.60. The van der Waals surface area contributed by atoms with Crippen LogP contribution in [-0.2, 0) is 3.43 Å². The van der Waals surface area contributed by atoms with Crippen molar-refractivity contribution >= 4 is 22.5 Å². The second kappa shape index (κ2) is 5.84. The topological polar surface area (TPSA) is 0 Å². The van der Waals surface area contributed by atoms with E-state index in [0.29, 0.717) is 0 Å². The molecule has 96 valence electrons. The third kappa shape index (κ3) is 2.40. The van der Waals surface area contributed by atoms with Crippen LogP contribution in [0.1, 0.15) is 16.7 Å². The Morgan fingerprint density at radius 1 is 0.450 bits per heavy atom. The fraction of sp³-hybridized carbons (Fsp3) is 0.0526. The summed E-state index contributed by atoms with van der Waals surface area (Å²) in [5.41, 5.74) is 4.12. The van der Waals surface area contributed by atoms with E-state index >= 15 is 0 Å². The Morgan fingerprint density at radius 2 is 0.700 bits per heavy atom. The molecule has 2 radical (unpaired) electrons. The van der Waals surface area contributed by atoms with Gasteiger partial charge in [-0.25, -0.2) is 0 Å². The molecule has 0 amide bonds. The van der Waals surface area contributed by atoms with Crippen LogP contribution in [0.2, 0.25) is 0 Å². The average Bonchev–Trinajstić information content (AvgIpc) is 2.56. The van der Waals surface area contributed by atoms with Gasteiger partial charge in [-0.05, 0) is 0 Å². The molecule has 0 N–H and O–H groups in total. The van der Waals surface area contributed by atoms with Crippen LogP contribution in [-0.4, -0.2) is 22.5 Å². The standard InChI is InChI=1S/C19H15.Sn.H/c1-4-10-16(11-5-1)19(17-12-6-2-7-13-17)18-14-8-3-9-15-18;;/h1-15H;;. The molecule has 3 aromatic rings. The molecule has 0 saturated carbocycles. The first-order valence-electron chi connectivity index (χ1n) is 6.77. The van der Waals surface area contributed by atoms with Crippen molar-refractivity contribution in [2.75, 3.05) is 0 Å². The Bertz CT molecular complexity index is 563. The molecular weight excluding hydrogens is 347 g/mol. The van der Waals surface area contributed by atoms with Gasteiger partial charge in [0.1, 0.15) is 0 Å². The van der Waals surface area contributed by atoms with Crippen LogP contribution in [0.15, 0.2) is 91.0 Å². The zero-order chi connectivity index (χ0) is 13.8. The molecule has 0 aliphatic rings. The Kier molecular flexibility index (Phi) is 3.92. The molecule has 0 bridgehead atoms. The molecule has 0 spiro atoms. The molecule has 0 fully saturated rings. The van der Waals surface area contributed by atoms with Crippen LogP contribution in [0.25, 0.3) is 0 Å². The van der Waals surface area contributed by atoms with E-state index in [1.54, 1.807) is 0 Å². The van der Waals surface area contributed by atoms with E-state index in [1.165, 1.54) is 16.7 Å². The molecule has 0 heterocycles. The summed E-state index contributed by atoms with van der Waals surface area (Å²) in [5, 5.41) is 0. The summed E-state index contributed by atoms with van der Waals surface area (Å²) in [5.74, 6) is 0. The van der Waals surface area contributed by atoms with Gasteiger partial charge >= 0.3 is 134 Å². The molecule has 0 nitrogen and oxygen atoms in total. The second-order valence-corrected chi connectivity index (χ2v) is 7.38. The van der Waals surface area contributed by atoms with Crippen LogP contribution in [0.5, 0.6) is 0 Å². The van der Waals surface area contributed by atoms with E-state index in [4.69, 9.17) is 0 Å². The van der Waals surface area contributed by atoms with Gasteiger partial charge in [0.25, 0.3) is 0 Å². The number of hydrogen-bond acceptors (Lipinski definition) is 0. The molecule has 0 aliphatic heterocycles. The van der Waals surface area contributed by atoms with Gasteiger partial charge < -0.3 is 0 Å². The molecule has 0 aliphatic carbocycles. The predicted octanol–water partition coefficient (Wildman–Crippen LogP) is 3.88. The summed E-state index contributed by atoms with van der Waals surface area (Å²) in [6, 6.07) is 32.5. The van der Waals surface area contributed by atoms with E-state index in [9.17, 15) is 0 Å². The van der Waals surface area contributed by atoms with Crippen molar-refractivity contribution in [1.82, 2.24) is 0 Å². The van der Waals surface area contributed by atoms with Crippen molar-refractivity contribution < 1.29 is 0 Å². The van der Waals surface area contributed by atoms with Crippen LogP contribution >= 0.6 is 0 Å². The van der Waals surface area contributed by atoms with E-state index in [1.807, 2.05) is 0 Å². The first-order valence-corrected chi connectivity index (χ1v) is 8.42. The van der Waals surface area contributed by atoms with Crippen LogP contribution < -0.4 is 0 Å². The molecule has 0 unspecified atom stereocenters. The van der Waals surface area contributed by atoms with Gasteiger partial charge in [0.05, 0.1) is 0 Å². The Morgan fingerprint density at radius 3 is 0.950 bits per heavy atom. The summed E-state index contributed by atoms with van der Waals surface area (Å²) in [7, 11) is 0. The summed E-state index contributed by atoms with van der Waals surface area (Å²) in [4.78, 5) is 0. The van der Waals surface area contributed by atoms with Crippen molar-refractivity contribution in [1.29, 1.82) is 0 Å². The molecule has 3 rings (SSSR count). The van der Waals surface area contributed by atoms with E-state index in [0.717, 1.165) is 22.5 Å². The molecule has 0 saturated heterocycles. The van der Waals surface area contributed by atoms with E-state index in [2.05, 4.69) is 91.0 Å². The van der Waals surface area contributed by atoms with Gasteiger partial charge in [-0.3, -0.25) is 0 Å². The summed E-state index contributed by atoms with van der Waals surface area (Å²) < 4.78 is 0.00875.